The Labute approximate surface area is 162 Å². The standard InChI is InChI=1S/C21H22FN3OS/c1-13-5-10-16-17(11-13)23-19(14-6-8-15(22)9-7-14)24-20(16)27-12-18(26)25-21(2,3)4/h5-11H,12H2,1-4H3,(H,25,26). The van der Waals surface area contributed by atoms with Gasteiger partial charge in [0.2, 0.25) is 5.91 Å². The van der Waals surface area contributed by atoms with E-state index in [1.807, 2.05) is 45.9 Å². The van der Waals surface area contributed by atoms with Gasteiger partial charge in [0.15, 0.2) is 5.82 Å². The summed E-state index contributed by atoms with van der Waals surface area (Å²) in [6, 6.07) is 12.1. The number of hydrogen-bond donors (Lipinski definition) is 1. The van der Waals surface area contributed by atoms with Crippen LogP contribution in [0.25, 0.3) is 22.3 Å². The van der Waals surface area contributed by atoms with E-state index in [9.17, 15) is 9.18 Å². The van der Waals surface area contributed by atoms with Gasteiger partial charge >= 0.3 is 0 Å². The molecule has 0 fully saturated rings. The van der Waals surface area contributed by atoms with Crippen molar-refractivity contribution in [1.82, 2.24) is 15.3 Å². The summed E-state index contributed by atoms with van der Waals surface area (Å²) in [5, 5.41) is 4.60. The maximum atomic E-state index is 13.2. The van der Waals surface area contributed by atoms with Gasteiger partial charge in [-0.15, -0.1) is 0 Å². The van der Waals surface area contributed by atoms with Crippen LogP contribution in [-0.4, -0.2) is 27.2 Å². The number of halogens is 1. The molecule has 140 valence electrons. The Morgan fingerprint density at radius 2 is 1.81 bits per heavy atom. The molecule has 0 spiro atoms. The number of thioether (sulfide) groups is 1. The quantitative estimate of drug-likeness (QED) is 0.522. The number of carbonyl (C=O) groups is 1. The van der Waals surface area contributed by atoms with E-state index < -0.39 is 0 Å². The Morgan fingerprint density at radius 1 is 1.11 bits per heavy atom. The van der Waals surface area contributed by atoms with E-state index in [4.69, 9.17) is 0 Å². The predicted molar refractivity (Wildman–Crippen MR) is 108 cm³/mol. The zero-order chi connectivity index (χ0) is 19.6. The minimum absolute atomic E-state index is 0.0466. The molecule has 1 heterocycles. The minimum Gasteiger partial charge on any atom is -0.351 e. The zero-order valence-electron chi connectivity index (χ0n) is 15.8. The second-order valence-electron chi connectivity index (χ2n) is 7.47. The smallest absolute Gasteiger partial charge is 0.230 e. The monoisotopic (exact) mass is 383 g/mol. The van der Waals surface area contributed by atoms with Crippen LogP contribution in [0, 0.1) is 12.7 Å². The molecule has 2 aromatic carbocycles. The Morgan fingerprint density at radius 3 is 2.48 bits per heavy atom. The number of fused-ring (bicyclic) bond motifs is 1. The highest BCUT2D eigenvalue weighted by Gasteiger charge is 2.16. The zero-order valence-corrected chi connectivity index (χ0v) is 16.7. The van der Waals surface area contributed by atoms with Gasteiger partial charge < -0.3 is 5.32 Å². The molecule has 0 saturated carbocycles. The largest absolute Gasteiger partial charge is 0.351 e. The summed E-state index contributed by atoms with van der Waals surface area (Å²) in [5.41, 5.74) is 2.36. The van der Waals surface area contributed by atoms with Crippen molar-refractivity contribution in [2.75, 3.05) is 5.75 Å². The molecule has 0 bridgehead atoms. The summed E-state index contributed by atoms with van der Waals surface area (Å²) in [5.74, 6) is 0.436. The van der Waals surface area contributed by atoms with Crippen molar-refractivity contribution >= 4 is 28.6 Å². The van der Waals surface area contributed by atoms with Crippen molar-refractivity contribution in [3.8, 4) is 11.4 Å². The van der Waals surface area contributed by atoms with Gasteiger partial charge in [0, 0.05) is 16.5 Å². The maximum absolute atomic E-state index is 13.2. The molecular weight excluding hydrogens is 361 g/mol. The van der Waals surface area contributed by atoms with Crippen LogP contribution in [0.2, 0.25) is 0 Å². The molecule has 0 aliphatic heterocycles. The lowest BCUT2D eigenvalue weighted by Crippen LogP contribution is -2.41. The third-order valence-corrected chi connectivity index (χ3v) is 4.77. The third-order valence-electron chi connectivity index (χ3n) is 3.77. The van der Waals surface area contributed by atoms with Gasteiger partial charge in [0.1, 0.15) is 10.8 Å². The molecule has 0 aliphatic carbocycles. The molecule has 1 N–H and O–H groups in total. The Kier molecular flexibility index (Phi) is 5.46. The molecular formula is C21H22FN3OS. The second-order valence-corrected chi connectivity index (χ2v) is 8.43. The number of aromatic nitrogens is 2. The first-order valence-corrected chi connectivity index (χ1v) is 9.68. The molecule has 0 atom stereocenters. The summed E-state index contributed by atoms with van der Waals surface area (Å²) < 4.78 is 13.2. The average Bonchev–Trinajstić information content (AvgIpc) is 2.58. The molecule has 0 aliphatic rings. The number of amides is 1. The van der Waals surface area contributed by atoms with Gasteiger partial charge in [0.25, 0.3) is 0 Å². The van der Waals surface area contributed by atoms with Gasteiger partial charge in [-0.3, -0.25) is 4.79 Å². The van der Waals surface area contributed by atoms with Crippen molar-refractivity contribution in [2.24, 2.45) is 0 Å². The van der Waals surface area contributed by atoms with E-state index in [0.717, 1.165) is 27.1 Å². The molecule has 1 aromatic heterocycles. The Hall–Kier alpha value is -2.47. The van der Waals surface area contributed by atoms with Crippen LogP contribution in [0.3, 0.4) is 0 Å². The number of nitrogens with zero attached hydrogens (tertiary/aromatic N) is 2. The van der Waals surface area contributed by atoms with E-state index in [0.29, 0.717) is 5.82 Å². The highest BCUT2D eigenvalue weighted by atomic mass is 32.2. The number of benzene rings is 2. The second kappa shape index (κ2) is 7.64. The fourth-order valence-corrected chi connectivity index (χ4v) is 3.46. The number of hydrogen-bond acceptors (Lipinski definition) is 4. The summed E-state index contributed by atoms with van der Waals surface area (Å²) in [6.07, 6.45) is 0. The van der Waals surface area contributed by atoms with Crippen LogP contribution in [0.15, 0.2) is 47.5 Å². The van der Waals surface area contributed by atoms with E-state index in [1.54, 1.807) is 12.1 Å². The predicted octanol–water partition coefficient (Wildman–Crippen LogP) is 4.75. The lowest BCUT2D eigenvalue weighted by atomic mass is 10.1. The third kappa shape index (κ3) is 5.04. The summed E-state index contributed by atoms with van der Waals surface area (Å²) in [6.45, 7) is 7.85. The van der Waals surface area contributed by atoms with Crippen LogP contribution in [0.5, 0.6) is 0 Å². The van der Waals surface area contributed by atoms with Crippen LogP contribution in [0.4, 0.5) is 4.39 Å². The highest BCUT2D eigenvalue weighted by Crippen LogP contribution is 2.29. The van der Waals surface area contributed by atoms with E-state index >= 15 is 0 Å². The lowest BCUT2D eigenvalue weighted by Gasteiger charge is -2.20. The van der Waals surface area contributed by atoms with Crippen LogP contribution in [-0.2, 0) is 4.79 Å². The fraction of sp³-hybridized carbons (Fsp3) is 0.286. The summed E-state index contributed by atoms with van der Waals surface area (Å²) in [7, 11) is 0. The molecule has 1 amide bonds. The van der Waals surface area contributed by atoms with Crippen molar-refractivity contribution < 1.29 is 9.18 Å². The van der Waals surface area contributed by atoms with E-state index in [1.165, 1.54) is 23.9 Å². The number of aryl methyl sites for hydroxylation is 1. The summed E-state index contributed by atoms with van der Waals surface area (Å²) in [4.78, 5) is 21.5. The normalized spacial score (nSPS) is 11.6. The summed E-state index contributed by atoms with van der Waals surface area (Å²) >= 11 is 1.38. The molecule has 0 unspecified atom stereocenters. The highest BCUT2D eigenvalue weighted by molar-refractivity contribution is 8.00. The molecule has 4 nitrogen and oxygen atoms in total. The first kappa shape index (κ1) is 19.3. The maximum Gasteiger partial charge on any atom is 0.230 e. The minimum atomic E-state index is -0.302. The number of nitrogens with one attached hydrogen (secondary N) is 1. The first-order valence-electron chi connectivity index (χ1n) is 8.69. The van der Waals surface area contributed by atoms with Gasteiger partial charge in [-0.2, -0.15) is 0 Å². The molecule has 0 saturated heterocycles. The van der Waals surface area contributed by atoms with Crippen LogP contribution >= 0.6 is 11.8 Å². The molecule has 27 heavy (non-hydrogen) atoms. The Balaban J connectivity index is 1.97. The SMILES string of the molecule is Cc1ccc2c(SCC(=O)NC(C)(C)C)nc(-c3ccc(F)cc3)nc2c1. The Bertz CT molecular complexity index is 981. The van der Waals surface area contributed by atoms with Crippen molar-refractivity contribution in [1.29, 1.82) is 0 Å². The molecule has 3 rings (SSSR count). The molecule has 0 radical (unpaired) electrons. The van der Waals surface area contributed by atoms with E-state index in [2.05, 4.69) is 15.3 Å². The van der Waals surface area contributed by atoms with Crippen LogP contribution in [0.1, 0.15) is 26.3 Å². The average molecular weight is 383 g/mol. The topological polar surface area (TPSA) is 54.9 Å². The van der Waals surface area contributed by atoms with Crippen LogP contribution < -0.4 is 5.32 Å². The lowest BCUT2D eigenvalue weighted by molar-refractivity contribution is -0.119. The molecule has 3 aromatic rings. The number of rotatable bonds is 4. The first-order chi connectivity index (χ1) is 12.7. The van der Waals surface area contributed by atoms with Crippen molar-refractivity contribution in [3.63, 3.8) is 0 Å². The van der Waals surface area contributed by atoms with Crippen molar-refractivity contribution in [2.45, 2.75) is 38.3 Å². The van der Waals surface area contributed by atoms with Gasteiger partial charge in [-0.25, -0.2) is 14.4 Å². The van der Waals surface area contributed by atoms with E-state index in [-0.39, 0.29) is 23.0 Å². The van der Waals surface area contributed by atoms with Gasteiger partial charge in [-0.05, 0) is 69.7 Å². The number of carbonyl (C=O) groups excluding carboxylic acids is 1. The fourth-order valence-electron chi connectivity index (χ4n) is 2.64. The van der Waals surface area contributed by atoms with Crippen molar-refractivity contribution in [3.05, 3.63) is 53.8 Å². The van der Waals surface area contributed by atoms with Gasteiger partial charge in [-0.1, -0.05) is 17.8 Å². The molecule has 6 heteroatoms. The van der Waals surface area contributed by atoms with Gasteiger partial charge in [0.05, 0.1) is 11.3 Å².